The lowest BCUT2D eigenvalue weighted by Gasteiger charge is -2.40. The molecule has 0 aromatic carbocycles. The summed E-state index contributed by atoms with van der Waals surface area (Å²) in [6, 6.07) is 0. The predicted molar refractivity (Wildman–Crippen MR) is 68.7 cm³/mol. The van der Waals surface area contributed by atoms with E-state index in [1.54, 1.807) is 0 Å². The molecule has 0 aromatic heterocycles. The molecule has 2 aliphatic carbocycles. The summed E-state index contributed by atoms with van der Waals surface area (Å²) in [6.45, 7) is 10.3. The SMILES string of the molecule is CC1=C(C)[C@@H]2C(=C(C(=O)O)C(C)(C)C)C[C@H]2C1. The van der Waals surface area contributed by atoms with Gasteiger partial charge in [0.2, 0.25) is 0 Å². The molecule has 0 spiro atoms. The molecule has 0 unspecified atom stereocenters. The predicted octanol–water partition coefficient (Wildman–Crippen LogP) is 3.79. The van der Waals surface area contributed by atoms with Crippen molar-refractivity contribution in [2.45, 2.75) is 47.5 Å². The first kappa shape index (κ1) is 12.4. The second-order valence-corrected chi connectivity index (χ2v) is 6.56. The van der Waals surface area contributed by atoms with Gasteiger partial charge in [-0.1, -0.05) is 37.5 Å². The Hall–Kier alpha value is -1.05. The fourth-order valence-corrected chi connectivity index (χ4v) is 3.47. The van der Waals surface area contributed by atoms with Crippen LogP contribution in [0.3, 0.4) is 0 Å². The van der Waals surface area contributed by atoms with Crippen LogP contribution in [0.25, 0.3) is 0 Å². The molecule has 2 aliphatic rings. The Balaban J connectivity index is 2.44. The average Bonchev–Trinajstić information content (AvgIpc) is 2.31. The molecule has 0 amide bonds. The lowest BCUT2D eigenvalue weighted by Crippen LogP contribution is -2.32. The Morgan fingerprint density at radius 1 is 1.24 bits per heavy atom. The zero-order valence-electron chi connectivity index (χ0n) is 11.4. The highest BCUT2D eigenvalue weighted by Gasteiger charge is 2.45. The average molecular weight is 234 g/mol. The molecular weight excluding hydrogens is 212 g/mol. The summed E-state index contributed by atoms with van der Waals surface area (Å²) in [7, 11) is 0. The van der Waals surface area contributed by atoms with Gasteiger partial charge >= 0.3 is 5.97 Å². The maximum atomic E-state index is 11.5. The first-order valence-electron chi connectivity index (χ1n) is 6.36. The first-order valence-corrected chi connectivity index (χ1v) is 6.36. The molecule has 94 valence electrons. The number of carboxylic acid groups (broad SMARTS) is 1. The molecule has 0 saturated heterocycles. The third-order valence-corrected chi connectivity index (χ3v) is 4.32. The van der Waals surface area contributed by atoms with E-state index in [1.165, 1.54) is 16.7 Å². The molecule has 2 heteroatoms. The largest absolute Gasteiger partial charge is 0.478 e. The smallest absolute Gasteiger partial charge is 0.332 e. The highest BCUT2D eigenvalue weighted by atomic mass is 16.4. The van der Waals surface area contributed by atoms with E-state index in [2.05, 4.69) is 13.8 Å². The van der Waals surface area contributed by atoms with Crippen LogP contribution in [0.15, 0.2) is 22.3 Å². The van der Waals surface area contributed by atoms with Gasteiger partial charge < -0.3 is 5.11 Å². The van der Waals surface area contributed by atoms with Crippen LogP contribution in [0.1, 0.15) is 47.5 Å². The van der Waals surface area contributed by atoms with Gasteiger partial charge in [0.25, 0.3) is 0 Å². The molecule has 0 radical (unpaired) electrons. The number of rotatable bonds is 1. The highest BCUT2D eigenvalue weighted by Crippen LogP contribution is 2.56. The molecule has 17 heavy (non-hydrogen) atoms. The Labute approximate surface area is 103 Å². The van der Waals surface area contributed by atoms with Crippen LogP contribution in [0, 0.1) is 17.3 Å². The van der Waals surface area contributed by atoms with E-state index in [0.717, 1.165) is 12.8 Å². The highest BCUT2D eigenvalue weighted by molar-refractivity contribution is 5.89. The van der Waals surface area contributed by atoms with Crippen molar-refractivity contribution >= 4 is 5.97 Å². The minimum Gasteiger partial charge on any atom is -0.478 e. The summed E-state index contributed by atoms with van der Waals surface area (Å²) in [5, 5.41) is 9.44. The Bertz CT molecular complexity index is 432. The molecule has 1 saturated carbocycles. The quantitative estimate of drug-likeness (QED) is 0.553. The van der Waals surface area contributed by atoms with E-state index in [1.807, 2.05) is 20.8 Å². The van der Waals surface area contributed by atoms with Crippen molar-refractivity contribution < 1.29 is 9.90 Å². The van der Waals surface area contributed by atoms with E-state index >= 15 is 0 Å². The molecule has 2 rings (SSSR count). The Morgan fingerprint density at radius 2 is 1.82 bits per heavy atom. The fraction of sp³-hybridized carbons (Fsp3) is 0.667. The summed E-state index contributed by atoms with van der Waals surface area (Å²) >= 11 is 0. The van der Waals surface area contributed by atoms with Crippen LogP contribution in [0.4, 0.5) is 0 Å². The van der Waals surface area contributed by atoms with Crippen molar-refractivity contribution in [1.29, 1.82) is 0 Å². The summed E-state index contributed by atoms with van der Waals surface area (Å²) in [5.41, 5.74) is 4.45. The van der Waals surface area contributed by atoms with Crippen molar-refractivity contribution in [3.8, 4) is 0 Å². The van der Waals surface area contributed by atoms with Crippen LogP contribution in [0.5, 0.6) is 0 Å². The Kier molecular flexibility index (Phi) is 2.72. The third kappa shape index (κ3) is 1.84. The van der Waals surface area contributed by atoms with Gasteiger partial charge in [-0.3, -0.25) is 0 Å². The second kappa shape index (κ2) is 3.72. The third-order valence-electron chi connectivity index (χ3n) is 4.32. The van der Waals surface area contributed by atoms with Crippen molar-refractivity contribution in [3.05, 3.63) is 22.3 Å². The number of carboxylic acids is 1. The standard InChI is InChI=1S/C15H22O2/c1-8-6-10-7-11(12(10)9(8)2)13(14(16)17)15(3,4)5/h10,12H,6-7H2,1-5H3,(H,16,17)/t10-,12+/m1/s1. The number of aliphatic carboxylic acids is 1. The maximum absolute atomic E-state index is 11.5. The van der Waals surface area contributed by atoms with Gasteiger partial charge in [0.1, 0.15) is 0 Å². The van der Waals surface area contributed by atoms with E-state index in [-0.39, 0.29) is 5.41 Å². The van der Waals surface area contributed by atoms with E-state index in [4.69, 9.17) is 0 Å². The summed E-state index contributed by atoms with van der Waals surface area (Å²) in [5.74, 6) is 0.380. The molecule has 0 aromatic rings. The minimum absolute atomic E-state index is 0.261. The van der Waals surface area contributed by atoms with Gasteiger partial charge in [0.15, 0.2) is 0 Å². The lowest BCUT2D eigenvalue weighted by molar-refractivity contribution is -0.133. The van der Waals surface area contributed by atoms with Gasteiger partial charge in [-0.05, 0) is 38.0 Å². The number of carbonyl (C=O) groups is 1. The van der Waals surface area contributed by atoms with Crippen molar-refractivity contribution in [2.24, 2.45) is 17.3 Å². The van der Waals surface area contributed by atoms with Gasteiger partial charge in [-0.15, -0.1) is 0 Å². The van der Waals surface area contributed by atoms with Crippen LogP contribution in [-0.4, -0.2) is 11.1 Å². The maximum Gasteiger partial charge on any atom is 0.332 e. The summed E-state index contributed by atoms with van der Waals surface area (Å²) < 4.78 is 0. The van der Waals surface area contributed by atoms with Crippen LogP contribution in [-0.2, 0) is 4.79 Å². The lowest BCUT2D eigenvalue weighted by atomic mass is 9.64. The van der Waals surface area contributed by atoms with E-state index < -0.39 is 5.97 Å². The number of fused-ring (bicyclic) bond motifs is 1. The van der Waals surface area contributed by atoms with Crippen molar-refractivity contribution in [1.82, 2.24) is 0 Å². The molecular formula is C15H22O2. The molecule has 2 nitrogen and oxygen atoms in total. The topological polar surface area (TPSA) is 37.3 Å². The van der Waals surface area contributed by atoms with Crippen LogP contribution >= 0.6 is 0 Å². The van der Waals surface area contributed by atoms with E-state index in [9.17, 15) is 9.90 Å². The molecule has 1 fully saturated rings. The summed E-state index contributed by atoms with van der Waals surface area (Å²) in [6.07, 6.45) is 2.15. The number of allylic oxidation sites excluding steroid dienone is 3. The molecule has 2 atom stereocenters. The minimum atomic E-state index is -0.733. The Morgan fingerprint density at radius 3 is 2.24 bits per heavy atom. The van der Waals surface area contributed by atoms with Gasteiger partial charge in [-0.2, -0.15) is 0 Å². The monoisotopic (exact) mass is 234 g/mol. The van der Waals surface area contributed by atoms with Gasteiger partial charge in [0.05, 0.1) is 0 Å². The van der Waals surface area contributed by atoms with Crippen LogP contribution < -0.4 is 0 Å². The summed E-state index contributed by atoms with van der Waals surface area (Å²) in [4.78, 5) is 11.5. The zero-order chi connectivity index (χ0) is 13.0. The number of hydrogen-bond acceptors (Lipinski definition) is 1. The van der Waals surface area contributed by atoms with Crippen LogP contribution in [0.2, 0.25) is 0 Å². The van der Waals surface area contributed by atoms with Crippen molar-refractivity contribution in [3.63, 3.8) is 0 Å². The van der Waals surface area contributed by atoms with E-state index in [0.29, 0.717) is 17.4 Å². The van der Waals surface area contributed by atoms with Gasteiger partial charge in [0, 0.05) is 11.5 Å². The normalized spacial score (nSPS) is 31.1. The van der Waals surface area contributed by atoms with Gasteiger partial charge in [-0.25, -0.2) is 4.79 Å². The molecule has 0 heterocycles. The fourth-order valence-electron chi connectivity index (χ4n) is 3.47. The van der Waals surface area contributed by atoms with Crippen molar-refractivity contribution in [2.75, 3.05) is 0 Å². The zero-order valence-corrected chi connectivity index (χ0v) is 11.4. The number of hydrogen-bond donors (Lipinski definition) is 1. The first-order chi connectivity index (χ1) is 7.73. The molecule has 0 bridgehead atoms. The second-order valence-electron chi connectivity index (χ2n) is 6.56. The molecule has 1 N–H and O–H groups in total. The molecule has 0 aliphatic heterocycles.